The van der Waals surface area contributed by atoms with E-state index in [9.17, 15) is 0 Å². The fourth-order valence-electron chi connectivity index (χ4n) is 7.17. The van der Waals surface area contributed by atoms with Gasteiger partial charge in [0.1, 0.15) is 0 Å². The van der Waals surface area contributed by atoms with Gasteiger partial charge in [0, 0.05) is 0 Å². The van der Waals surface area contributed by atoms with Gasteiger partial charge >= 0.3 is 0 Å². The quantitative estimate of drug-likeness (QED) is 0.181. The summed E-state index contributed by atoms with van der Waals surface area (Å²) in [4.78, 5) is 0. The van der Waals surface area contributed by atoms with E-state index >= 15 is 0 Å². The third-order valence-electron chi connectivity index (χ3n) is 9.45. The van der Waals surface area contributed by atoms with Crippen molar-refractivity contribution in [2.75, 3.05) is 0 Å². The molecule has 0 amide bonds. The second-order valence-corrected chi connectivity index (χ2v) is 12.1. The zero-order valence-electron chi connectivity index (χ0n) is 25.3. The summed E-state index contributed by atoms with van der Waals surface area (Å²) < 4.78 is 0. The molecule has 0 N–H and O–H groups in total. The molecule has 0 nitrogen and oxygen atoms in total. The van der Waals surface area contributed by atoms with E-state index in [0.29, 0.717) is 0 Å². The van der Waals surface area contributed by atoms with E-state index in [1.807, 2.05) is 0 Å². The van der Waals surface area contributed by atoms with Gasteiger partial charge in [0.15, 0.2) is 0 Å². The summed E-state index contributed by atoms with van der Waals surface area (Å²) in [5, 5.41) is 10.2. The SMILES string of the molecule is c1cc(-c2cccc3c(-c4ccc(-c5ccc6ccccc6c5)cc4)cccc23)cc(-c2cc3ccccc3c3ccccc23)c1. The molecule has 9 aromatic carbocycles. The van der Waals surface area contributed by atoms with Crippen LogP contribution in [0, 0.1) is 0 Å². The summed E-state index contributed by atoms with van der Waals surface area (Å²) >= 11 is 0. The lowest BCUT2D eigenvalue weighted by atomic mass is 9.89. The number of benzene rings is 9. The summed E-state index contributed by atoms with van der Waals surface area (Å²) in [7, 11) is 0. The molecule has 0 saturated heterocycles. The minimum atomic E-state index is 1.23. The Morgan fingerprint density at radius 3 is 1.46 bits per heavy atom. The minimum Gasteiger partial charge on any atom is -0.0616 e. The number of hydrogen-bond donors (Lipinski definition) is 0. The molecule has 0 saturated carbocycles. The Bertz CT molecular complexity index is 2570. The predicted octanol–water partition coefficient (Wildman–Crippen LogP) is 13.0. The standard InChI is InChI=1S/C46H30/c1-2-11-34-28-35(27-24-31(34)10-1)32-22-25-33(26-23-32)39-18-8-21-44-41(19-9-20-43(39)44)36-13-7-14-37(29-36)46-30-38-12-3-4-15-40(38)42-16-5-6-17-45(42)46/h1-30H. The van der Waals surface area contributed by atoms with Crippen molar-refractivity contribution in [1.82, 2.24) is 0 Å². The monoisotopic (exact) mass is 582 g/mol. The molecule has 9 aromatic rings. The Balaban J connectivity index is 1.12. The van der Waals surface area contributed by atoms with Crippen LogP contribution in [0.4, 0.5) is 0 Å². The Hall–Kier alpha value is -5.98. The van der Waals surface area contributed by atoms with Crippen LogP contribution in [0.25, 0.3) is 87.6 Å². The van der Waals surface area contributed by atoms with Gasteiger partial charge < -0.3 is 0 Å². The van der Waals surface area contributed by atoms with Crippen molar-refractivity contribution in [3.05, 3.63) is 182 Å². The lowest BCUT2D eigenvalue weighted by Gasteiger charge is -2.14. The summed E-state index contributed by atoms with van der Waals surface area (Å²) in [6.07, 6.45) is 0. The fraction of sp³-hybridized carbons (Fsp3) is 0. The second-order valence-electron chi connectivity index (χ2n) is 12.1. The maximum atomic E-state index is 2.36. The predicted molar refractivity (Wildman–Crippen MR) is 198 cm³/mol. The first-order valence-electron chi connectivity index (χ1n) is 15.9. The van der Waals surface area contributed by atoms with E-state index in [1.165, 1.54) is 87.6 Å². The molecule has 46 heavy (non-hydrogen) atoms. The molecule has 0 unspecified atom stereocenters. The molecule has 9 rings (SSSR count). The fourth-order valence-corrected chi connectivity index (χ4v) is 7.17. The largest absolute Gasteiger partial charge is 0.0616 e. The van der Waals surface area contributed by atoms with Gasteiger partial charge in [-0.05, 0) is 106 Å². The summed E-state index contributed by atoms with van der Waals surface area (Å²) in [5.41, 5.74) is 9.92. The molecule has 0 heterocycles. The lowest BCUT2D eigenvalue weighted by Crippen LogP contribution is -1.88. The van der Waals surface area contributed by atoms with Crippen LogP contribution in [0.5, 0.6) is 0 Å². The smallest absolute Gasteiger partial charge is 0.00988 e. The Morgan fingerprint density at radius 1 is 0.196 bits per heavy atom. The van der Waals surface area contributed by atoms with E-state index < -0.39 is 0 Å². The van der Waals surface area contributed by atoms with Crippen molar-refractivity contribution in [3.63, 3.8) is 0 Å². The molecule has 0 atom stereocenters. The van der Waals surface area contributed by atoms with Crippen LogP contribution in [0.15, 0.2) is 182 Å². The van der Waals surface area contributed by atoms with Gasteiger partial charge in [-0.25, -0.2) is 0 Å². The van der Waals surface area contributed by atoms with Gasteiger partial charge in [0.2, 0.25) is 0 Å². The third kappa shape index (κ3) is 4.47. The highest BCUT2D eigenvalue weighted by molar-refractivity contribution is 6.14. The minimum absolute atomic E-state index is 1.23. The zero-order chi connectivity index (χ0) is 30.5. The van der Waals surface area contributed by atoms with Crippen LogP contribution < -0.4 is 0 Å². The highest BCUT2D eigenvalue weighted by atomic mass is 14.2. The van der Waals surface area contributed by atoms with Crippen LogP contribution in [-0.4, -0.2) is 0 Å². The molecule has 0 aliphatic heterocycles. The topological polar surface area (TPSA) is 0 Å². The number of rotatable bonds is 4. The lowest BCUT2D eigenvalue weighted by molar-refractivity contribution is 1.61. The van der Waals surface area contributed by atoms with Gasteiger partial charge in [-0.3, -0.25) is 0 Å². The maximum absolute atomic E-state index is 2.36. The highest BCUT2D eigenvalue weighted by Gasteiger charge is 2.12. The second kappa shape index (κ2) is 10.9. The van der Waals surface area contributed by atoms with Gasteiger partial charge in [0.25, 0.3) is 0 Å². The van der Waals surface area contributed by atoms with Crippen LogP contribution in [0.2, 0.25) is 0 Å². The van der Waals surface area contributed by atoms with Gasteiger partial charge in [-0.2, -0.15) is 0 Å². The molecule has 0 aliphatic rings. The molecular weight excluding hydrogens is 553 g/mol. The Kier molecular flexibility index (Phi) is 6.25. The van der Waals surface area contributed by atoms with Crippen molar-refractivity contribution in [2.24, 2.45) is 0 Å². The van der Waals surface area contributed by atoms with E-state index in [-0.39, 0.29) is 0 Å². The molecule has 214 valence electrons. The average Bonchev–Trinajstić information content (AvgIpc) is 3.14. The van der Waals surface area contributed by atoms with Crippen molar-refractivity contribution >= 4 is 43.1 Å². The van der Waals surface area contributed by atoms with Crippen LogP contribution in [0.3, 0.4) is 0 Å². The van der Waals surface area contributed by atoms with Crippen LogP contribution in [0.1, 0.15) is 0 Å². The molecule has 0 bridgehead atoms. The highest BCUT2D eigenvalue weighted by Crippen LogP contribution is 2.39. The molecule has 0 fully saturated rings. The zero-order valence-corrected chi connectivity index (χ0v) is 25.3. The van der Waals surface area contributed by atoms with Crippen LogP contribution >= 0.6 is 0 Å². The van der Waals surface area contributed by atoms with E-state index in [1.54, 1.807) is 0 Å². The summed E-state index contributed by atoms with van der Waals surface area (Å²) in [6, 6.07) is 66.5. The van der Waals surface area contributed by atoms with E-state index in [2.05, 4.69) is 182 Å². The van der Waals surface area contributed by atoms with Gasteiger partial charge in [-0.1, -0.05) is 164 Å². The Labute approximate surface area is 268 Å². The van der Waals surface area contributed by atoms with Crippen molar-refractivity contribution < 1.29 is 0 Å². The molecule has 0 spiro atoms. The normalized spacial score (nSPS) is 11.5. The van der Waals surface area contributed by atoms with Crippen LogP contribution in [-0.2, 0) is 0 Å². The van der Waals surface area contributed by atoms with Crippen molar-refractivity contribution in [1.29, 1.82) is 0 Å². The maximum Gasteiger partial charge on any atom is -0.00988 e. The first-order chi connectivity index (χ1) is 22.8. The first-order valence-corrected chi connectivity index (χ1v) is 15.9. The van der Waals surface area contributed by atoms with E-state index in [0.717, 1.165) is 0 Å². The molecule has 0 heteroatoms. The molecular formula is C46H30. The van der Waals surface area contributed by atoms with Crippen molar-refractivity contribution in [2.45, 2.75) is 0 Å². The van der Waals surface area contributed by atoms with E-state index in [4.69, 9.17) is 0 Å². The molecule has 0 radical (unpaired) electrons. The van der Waals surface area contributed by atoms with Gasteiger partial charge in [-0.15, -0.1) is 0 Å². The molecule has 0 aromatic heterocycles. The average molecular weight is 583 g/mol. The van der Waals surface area contributed by atoms with Gasteiger partial charge in [0.05, 0.1) is 0 Å². The molecule has 0 aliphatic carbocycles. The Morgan fingerprint density at radius 2 is 0.696 bits per heavy atom. The third-order valence-corrected chi connectivity index (χ3v) is 9.45. The first kappa shape index (κ1) is 26.4. The summed E-state index contributed by atoms with van der Waals surface area (Å²) in [6.45, 7) is 0. The van der Waals surface area contributed by atoms with Crippen molar-refractivity contribution in [3.8, 4) is 44.5 Å². The number of fused-ring (bicyclic) bond motifs is 5. The number of hydrogen-bond acceptors (Lipinski definition) is 0. The summed E-state index contributed by atoms with van der Waals surface area (Å²) in [5.74, 6) is 0.